The number of aryl methyl sites for hydroxylation is 1. The summed E-state index contributed by atoms with van der Waals surface area (Å²) in [5.74, 6) is -0.582. The molecule has 8 nitrogen and oxygen atoms in total. The van der Waals surface area contributed by atoms with E-state index in [-0.39, 0.29) is 46.3 Å². The van der Waals surface area contributed by atoms with E-state index in [4.69, 9.17) is 16.3 Å². The summed E-state index contributed by atoms with van der Waals surface area (Å²) in [6.45, 7) is 1.47. The van der Waals surface area contributed by atoms with Gasteiger partial charge in [0.1, 0.15) is 18.3 Å². The fraction of sp³-hybridized carbons (Fsp3) is 0.297. The van der Waals surface area contributed by atoms with E-state index < -0.39 is 28.5 Å². The molecular weight excluding hydrogens is 634 g/mol. The van der Waals surface area contributed by atoms with Crippen LogP contribution in [-0.4, -0.2) is 50.9 Å². The van der Waals surface area contributed by atoms with Crippen molar-refractivity contribution in [2.24, 2.45) is 0 Å². The third-order valence-electron chi connectivity index (χ3n) is 8.43. The van der Waals surface area contributed by atoms with Gasteiger partial charge in [-0.1, -0.05) is 103 Å². The van der Waals surface area contributed by atoms with Crippen LogP contribution in [0.2, 0.25) is 5.02 Å². The topological polar surface area (TPSA) is 96.0 Å². The van der Waals surface area contributed by atoms with E-state index in [1.54, 1.807) is 30.3 Å². The van der Waals surface area contributed by atoms with E-state index in [1.165, 1.54) is 30.2 Å². The van der Waals surface area contributed by atoms with Crippen molar-refractivity contribution in [3.05, 3.63) is 125 Å². The van der Waals surface area contributed by atoms with Gasteiger partial charge in [0.15, 0.2) is 0 Å². The molecule has 0 aliphatic heterocycles. The summed E-state index contributed by atoms with van der Waals surface area (Å²) in [6, 6.07) is 28.9. The van der Waals surface area contributed by atoms with Crippen molar-refractivity contribution in [1.29, 1.82) is 0 Å². The van der Waals surface area contributed by atoms with Crippen molar-refractivity contribution in [2.75, 3.05) is 18.0 Å². The molecule has 1 unspecified atom stereocenters. The normalized spacial score (nSPS) is 13.9. The van der Waals surface area contributed by atoms with Crippen LogP contribution in [0.25, 0.3) is 0 Å². The van der Waals surface area contributed by atoms with E-state index in [0.717, 1.165) is 46.7 Å². The highest BCUT2D eigenvalue weighted by atomic mass is 35.5. The molecule has 1 aliphatic carbocycles. The summed E-state index contributed by atoms with van der Waals surface area (Å²) in [6.07, 6.45) is 4.09. The van der Waals surface area contributed by atoms with E-state index >= 15 is 0 Å². The number of hydrogen-bond acceptors (Lipinski definition) is 5. The molecule has 0 heterocycles. The Morgan fingerprint density at radius 3 is 2.21 bits per heavy atom. The van der Waals surface area contributed by atoms with Gasteiger partial charge in [0.2, 0.25) is 11.8 Å². The fourth-order valence-corrected chi connectivity index (χ4v) is 7.62. The van der Waals surface area contributed by atoms with Crippen LogP contribution in [-0.2, 0) is 32.6 Å². The first kappa shape index (κ1) is 34.0. The lowest BCUT2D eigenvalue weighted by molar-refractivity contribution is -0.140. The molecule has 1 saturated carbocycles. The number of benzene rings is 4. The van der Waals surface area contributed by atoms with Gasteiger partial charge in [0.25, 0.3) is 10.0 Å². The summed E-state index contributed by atoms with van der Waals surface area (Å²) in [7, 11) is -2.86. The van der Waals surface area contributed by atoms with Crippen LogP contribution >= 0.6 is 11.6 Å². The van der Waals surface area contributed by atoms with Crippen molar-refractivity contribution in [1.82, 2.24) is 10.2 Å². The Morgan fingerprint density at radius 2 is 1.55 bits per heavy atom. The molecule has 5 rings (SSSR count). The smallest absolute Gasteiger partial charge is 0.264 e. The maximum absolute atomic E-state index is 14.7. The number of nitrogens with zero attached hydrogens (tertiary/aromatic N) is 2. The van der Waals surface area contributed by atoms with Crippen LogP contribution in [0.15, 0.2) is 108 Å². The van der Waals surface area contributed by atoms with Gasteiger partial charge < -0.3 is 15.0 Å². The number of amides is 2. The van der Waals surface area contributed by atoms with Crippen LogP contribution in [0.3, 0.4) is 0 Å². The Hall–Kier alpha value is -4.34. The van der Waals surface area contributed by atoms with Gasteiger partial charge in [-0.25, -0.2) is 8.42 Å². The second-order valence-electron chi connectivity index (χ2n) is 11.8. The largest absolute Gasteiger partial charge is 0.495 e. The maximum atomic E-state index is 14.7. The number of hydrogen-bond donors (Lipinski definition) is 1. The van der Waals surface area contributed by atoms with Crippen molar-refractivity contribution >= 4 is 39.1 Å². The van der Waals surface area contributed by atoms with Crippen molar-refractivity contribution in [3.63, 3.8) is 0 Å². The lowest BCUT2D eigenvalue weighted by atomic mass is 10.0. The summed E-state index contributed by atoms with van der Waals surface area (Å²) in [5, 5.41) is 3.47. The van der Waals surface area contributed by atoms with Crippen LogP contribution in [0, 0.1) is 6.92 Å². The molecule has 0 aromatic heterocycles. The van der Waals surface area contributed by atoms with Crippen LogP contribution in [0.5, 0.6) is 5.75 Å². The molecule has 246 valence electrons. The molecular formula is C37H40ClN3O5S. The number of carbonyl (C=O) groups is 2. The molecule has 0 spiro atoms. The first-order valence-corrected chi connectivity index (χ1v) is 17.6. The number of halogens is 1. The molecule has 47 heavy (non-hydrogen) atoms. The summed E-state index contributed by atoms with van der Waals surface area (Å²) in [5.41, 5.74) is 2.82. The lowest BCUT2D eigenvalue weighted by Crippen LogP contribution is -2.54. The standard InChI is InChI=1S/C37H40ClN3O5S/c1-27-12-11-15-29(22-27)25-40(34(23-28-13-5-3-6-14-28)37(43)39-31-16-9-10-17-31)36(42)26-41(33-24-30(38)20-21-35(33)46-2)47(44,45)32-18-7-4-8-19-32/h3-8,11-15,18-22,24,31,34H,9-10,16-17,23,25-26H2,1-2H3,(H,39,43). The van der Waals surface area contributed by atoms with Gasteiger partial charge in [0, 0.05) is 24.0 Å². The maximum Gasteiger partial charge on any atom is 0.264 e. The third-order valence-corrected chi connectivity index (χ3v) is 10.4. The first-order valence-electron chi connectivity index (χ1n) is 15.8. The van der Waals surface area contributed by atoms with Gasteiger partial charge >= 0.3 is 0 Å². The number of nitrogens with one attached hydrogen (secondary N) is 1. The van der Waals surface area contributed by atoms with E-state index in [1.807, 2.05) is 61.5 Å². The van der Waals surface area contributed by atoms with Crippen molar-refractivity contribution < 1.29 is 22.7 Å². The number of rotatable bonds is 13. The summed E-state index contributed by atoms with van der Waals surface area (Å²) >= 11 is 6.37. The predicted molar refractivity (Wildman–Crippen MR) is 185 cm³/mol. The molecule has 1 atom stereocenters. The third kappa shape index (κ3) is 8.53. The Balaban J connectivity index is 1.60. The Kier molecular flexibility index (Phi) is 11.2. The average molecular weight is 674 g/mol. The average Bonchev–Trinajstić information content (AvgIpc) is 3.59. The van der Waals surface area contributed by atoms with Crippen LogP contribution < -0.4 is 14.4 Å². The molecule has 1 fully saturated rings. The monoisotopic (exact) mass is 673 g/mol. The molecule has 4 aromatic rings. The van der Waals surface area contributed by atoms with E-state index in [2.05, 4.69) is 5.32 Å². The highest BCUT2D eigenvalue weighted by Crippen LogP contribution is 2.35. The number of methoxy groups -OCH3 is 1. The summed E-state index contributed by atoms with van der Waals surface area (Å²) in [4.78, 5) is 30.4. The SMILES string of the molecule is COc1ccc(Cl)cc1N(CC(=O)N(Cc1cccc(C)c1)C(Cc1ccccc1)C(=O)NC1CCCC1)S(=O)(=O)c1ccccc1. The second-order valence-corrected chi connectivity index (χ2v) is 14.1. The zero-order valence-electron chi connectivity index (χ0n) is 26.6. The highest BCUT2D eigenvalue weighted by molar-refractivity contribution is 7.92. The minimum absolute atomic E-state index is 0.000116. The number of ether oxygens (including phenoxy) is 1. The molecule has 4 aromatic carbocycles. The Morgan fingerprint density at radius 1 is 0.894 bits per heavy atom. The number of anilines is 1. The molecule has 0 saturated heterocycles. The molecule has 0 radical (unpaired) electrons. The second kappa shape index (κ2) is 15.5. The van der Waals surface area contributed by atoms with Gasteiger partial charge in [-0.3, -0.25) is 13.9 Å². The van der Waals surface area contributed by atoms with Gasteiger partial charge in [0.05, 0.1) is 17.7 Å². The van der Waals surface area contributed by atoms with E-state index in [0.29, 0.717) is 0 Å². The molecule has 0 bridgehead atoms. The minimum atomic E-state index is -4.29. The van der Waals surface area contributed by atoms with Gasteiger partial charge in [-0.2, -0.15) is 0 Å². The highest BCUT2D eigenvalue weighted by Gasteiger charge is 2.36. The predicted octanol–water partition coefficient (Wildman–Crippen LogP) is 6.55. The lowest BCUT2D eigenvalue weighted by Gasteiger charge is -2.34. The van der Waals surface area contributed by atoms with E-state index in [9.17, 15) is 18.0 Å². The molecule has 2 amide bonds. The Labute approximate surface area is 282 Å². The van der Waals surface area contributed by atoms with Crippen LogP contribution in [0.4, 0.5) is 5.69 Å². The van der Waals surface area contributed by atoms with Crippen LogP contribution in [0.1, 0.15) is 42.4 Å². The molecule has 1 N–H and O–H groups in total. The quantitative estimate of drug-likeness (QED) is 0.174. The molecule has 1 aliphatic rings. The zero-order valence-corrected chi connectivity index (χ0v) is 28.2. The van der Waals surface area contributed by atoms with Gasteiger partial charge in [-0.05, 0) is 61.2 Å². The van der Waals surface area contributed by atoms with Crippen molar-refractivity contribution in [3.8, 4) is 5.75 Å². The van der Waals surface area contributed by atoms with Crippen molar-refractivity contribution in [2.45, 2.75) is 62.6 Å². The number of carbonyl (C=O) groups excluding carboxylic acids is 2. The van der Waals surface area contributed by atoms with Gasteiger partial charge in [-0.15, -0.1) is 0 Å². The fourth-order valence-electron chi connectivity index (χ4n) is 6.02. The zero-order chi connectivity index (χ0) is 33.4. The molecule has 10 heteroatoms. The summed E-state index contributed by atoms with van der Waals surface area (Å²) < 4.78 is 35.1. The number of sulfonamides is 1. The Bertz CT molecular complexity index is 1780. The first-order chi connectivity index (χ1) is 22.7. The minimum Gasteiger partial charge on any atom is -0.495 e.